The summed E-state index contributed by atoms with van der Waals surface area (Å²) in [4.78, 5) is 26.8. The van der Waals surface area contributed by atoms with E-state index in [4.69, 9.17) is 9.52 Å². The van der Waals surface area contributed by atoms with Crippen LogP contribution in [-0.2, 0) is 4.79 Å². The van der Waals surface area contributed by atoms with E-state index in [0.717, 1.165) is 0 Å². The van der Waals surface area contributed by atoms with E-state index in [0.29, 0.717) is 35.0 Å². The number of thioether (sulfide) groups is 1. The molecule has 2 rings (SSSR count). The number of carboxylic acid groups (broad SMARTS) is 1. The van der Waals surface area contributed by atoms with Crippen molar-refractivity contribution in [2.24, 2.45) is 0 Å². The molecule has 0 atom stereocenters. The number of hydrogen-bond donors (Lipinski definition) is 2. The molecule has 0 saturated heterocycles. The lowest BCUT2D eigenvalue weighted by atomic mass is 10.1. The summed E-state index contributed by atoms with van der Waals surface area (Å²) in [7, 11) is 0. The van der Waals surface area contributed by atoms with Gasteiger partial charge in [0.25, 0.3) is 5.91 Å². The first-order valence-electron chi connectivity index (χ1n) is 6.67. The molecule has 6 nitrogen and oxygen atoms in total. The van der Waals surface area contributed by atoms with E-state index in [2.05, 4.69) is 10.3 Å². The number of carbonyl (C=O) groups is 2. The molecule has 22 heavy (non-hydrogen) atoms. The van der Waals surface area contributed by atoms with Gasteiger partial charge in [0.05, 0.1) is 23.3 Å². The molecule has 0 aliphatic carbocycles. The molecular weight excluding hydrogens is 304 g/mol. The van der Waals surface area contributed by atoms with Crippen molar-refractivity contribution >= 4 is 23.6 Å². The summed E-state index contributed by atoms with van der Waals surface area (Å²) >= 11 is 1.26. The average molecular weight is 320 g/mol. The Labute approximate surface area is 131 Å². The number of amides is 1. The first kappa shape index (κ1) is 16.1. The van der Waals surface area contributed by atoms with Gasteiger partial charge in [0.15, 0.2) is 5.76 Å². The van der Waals surface area contributed by atoms with Gasteiger partial charge in [-0.1, -0.05) is 0 Å². The highest BCUT2D eigenvalue weighted by Gasteiger charge is 2.12. The Bertz CT molecular complexity index is 656. The van der Waals surface area contributed by atoms with E-state index in [1.54, 1.807) is 37.5 Å². The van der Waals surface area contributed by atoms with Gasteiger partial charge in [-0.2, -0.15) is 0 Å². The standard InChI is InChI=1S/C15H16N2O4S/c1-10-11(15(20)16-6-8-22-9-14(18)19)4-5-12(17-10)13-3-2-7-21-13/h2-5,7H,6,8-9H2,1H3,(H,16,20)(H,18,19). The molecule has 7 heteroatoms. The van der Waals surface area contributed by atoms with Crippen LogP contribution in [0.1, 0.15) is 16.1 Å². The normalized spacial score (nSPS) is 10.4. The van der Waals surface area contributed by atoms with Crippen molar-refractivity contribution in [3.05, 3.63) is 41.8 Å². The number of aliphatic carboxylic acids is 1. The van der Waals surface area contributed by atoms with Crippen LogP contribution in [0.2, 0.25) is 0 Å². The molecule has 0 fully saturated rings. The summed E-state index contributed by atoms with van der Waals surface area (Å²) in [6.45, 7) is 2.18. The van der Waals surface area contributed by atoms with Gasteiger partial charge in [-0.3, -0.25) is 9.59 Å². The lowest BCUT2D eigenvalue weighted by Gasteiger charge is -2.08. The molecule has 0 unspecified atom stereocenters. The third-order valence-electron chi connectivity index (χ3n) is 2.86. The molecule has 0 bridgehead atoms. The van der Waals surface area contributed by atoms with Crippen LogP contribution in [0.3, 0.4) is 0 Å². The predicted molar refractivity (Wildman–Crippen MR) is 84.0 cm³/mol. The highest BCUT2D eigenvalue weighted by molar-refractivity contribution is 7.99. The molecule has 0 radical (unpaired) electrons. The number of rotatable bonds is 7. The Hall–Kier alpha value is -2.28. The second-order valence-electron chi connectivity index (χ2n) is 4.51. The predicted octanol–water partition coefficient (Wildman–Crippen LogP) is 2.20. The molecule has 1 amide bonds. The summed E-state index contributed by atoms with van der Waals surface area (Å²) in [6.07, 6.45) is 1.57. The van der Waals surface area contributed by atoms with Crippen molar-refractivity contribution in [2.45, 2.75) is 6.92 Å². The number of carboxylic acids is 1. The van der Waals surface area contributed by atoms with Gasteiger partial charge in [-0.25, -0.2) is 4.98 Å². The fourth-order valence-electron chi connectivity index (χ4n) is 1.85. The Morgan fingerprint density at radius 2 is 2.18 bits per heavy atom. The molecule has 0 aliphatic heterocycles. The number of hydrogen-bond acceptors (Lipinski definition) is 5. The largest absolute Gasteiger partial charge is 0.481 e. The zero-order valence-electron chi connectivity index (χ0n) is 12.0. The van der Waals surface area contributed by atoms with E-state index in [1.165, 1.54) is 11.8 Å². The topological polar surface area (TPSA) is 92.4 Å². The van der Waals surface area contributed by atoms with E-state index >= 15 is 0 Å². The molecule has 2 aromatic rings. The quantitative estimate of drug-likeness (QED) is 0.760. The van der Waals surface area contributed by atoms with E-state index in [9.17, 15) is 9.59 Å². The van der Waals surface area contributed by atoms with Crippen molar-refractivity contribution in [1.82, 2.24) is 10.3 Å². The van der Waals surface area contributed by atoms with Gasteiger partial charge in [-0.15, -0.1) is 11.8 Å². The van der Waals surface area contributed by atoms with E-state index < -0.39 is 5.97 Å². The van der Waals surface area contributed by atoms with Gasteiger partial charge in [-0.05, 0) is 31.2 Å². The maximum absolute atomic E-state index is 12.1. The van der Waals surface area contributed by atoms with Gasteiger partial charge in [0, 0.05) is 12.3 Å². The number of furan rings is 1. The molecule has 2 heterocycles. The minimum absolute atomic E-state index is 0.0360. The number of aryl methyl sites for hydroxylation is 1. The summed E-state index contributed by atoms with van der Waals surface area (Å²) < 4.78 is 5.27. The summed E-state index contributed by atoms with van der Waals surface area (Å²) in [6, 6.07) is 7.03. The van der Waals surface area contributed by atoms with Crippen LogP contribution < -0.4 is 5.32 Å². The van der Waals surface area contributed by atoms with Gasteiger partial charge in [0.1, 0.15) is 5.69 Å². The monoisotopic (exact) mass is 320 g/mol. The Balaban J connectivity index is 1.91. The van der Waals surface area contributed by atoms with Crippen molar-refractivity contribution in [1.29, 1.82) is 0 Å². The van der Waals surface area contributed by atoms with Crippen LogP contribution in [0, 0.1) is 6.92 Å². The molecular formula is C15H16N2O4S. The van der Waals surface area contributed by atoms with Gasteiger partial charge in [0.2, 0.25) is 0 Å². The number of carbonyl (C=O) groups excluding carboxylic acids is 1. The lowest BCUT2D eigenvalue weighted by molar-refractivity contribution is -0.133. The summed E-state index contributed by atoms with van der Waals surface area (Å²) in [5.74, 6) is 0.167. The average Bonchev–Trinajstić information content (AvgIpc) is 3.00. The van der Waals surface area contributed by atoms with Crippen molar-refractivity contribution in [2.75, 3.05) is 18.1 Å². The second kappa shape index (κ2) is 7.65. The highest BCUT2D eigenvalue weighted by Crippen LogP contribution is 2.19. The van der Waals surface area contributed by atoms with E-state index in [1.807, 2.05) is 0 Å². The summed E-state index contributed by atoms with van der Waals surface area (Å²) in [5.41, 5.74) is 1.79. The molecule has 2 N–H and O–H groups in total. The van der Waals surface area contributed by atoms with Crippen LogP contribution in [0.4, 0.5) is 0 Å². The Kier molecular flexibility index (Phi) is 5.60. The first-order valence-corrected chi connectivity index (χ1v) is 7.82. The summed E-state index contributed by atoms with van der Waals surface area (Å²) in [5, 5.41) is 11.3. The molecule has 0 aliphatic rings. The molecule has 0 saturated carbocycles. The smallest absolute Gasteiger partial charge is 0.313 e. The third-order valence-corrected chi connectivity index (χ3v) is 3.81. The number of nitrogens with one attached hydrogen (secondary N) is 1. The van der Waals surface area contributed by atoms with Gasteiger partial charge < -0.3 is 14.8 Å². The fraction of sp³-hybridized carbons (Fsp3) is 0.267. The molecule has 116 valence electrons. The number of nitrogens with zero attached hydrogens (tertiary/aromatic N) is 1. The minimum atomic E-state index is -0.857. The third kappa shape index (κ3) is 4.36. The maximum atomic E-state index is 12.1. The molecule has 0 spiro atoms. The fourth-order valence-corrected chi connectivity index (χ4v) is 2.42. The van der Waals surface area contributed by atoms with Gasteiger partial charge >= 0.3 is 5.97 Å². The van der Waals surface area contributed by atoms with Crippen LogP contribution >= 0.6 is 11.8 Å². The van der Waals surface area contributed by atoms with Crippen LogP contribution in [0.15, 0.2) is 34.9 Å². The van der Waals surface area contributed by atoms with Crippen molar-refractivity contribution < 1.29 is 19.1 Å². The number of pyridine rings is 1. The minimum Gasteiger partial charge on any atom is -0.481 e. The second-order valence-corrected chi connectivity index (χ2v) is 5.61. The van der Waals surface area contributed by atoms with Crippen LogP contribution in [-0.4, -0.2) is 40.0 Å². The zero-order valence-corrected chi connectivity index (χ0v) is 12.9. The van der Waals surface area contributed by atoms with Crippen LogP contribution in [0.5, 0.6) is 0 Å². The van der Waals surface area contributed by atoms with Crippen LogP contribution in [0.25, 0.3) is 11.5 Å². The SMILES string of the molecule is Cc1nc(-c2ccco2)ccc1C(=O)NCCSCC(=O)O. The zero-order chi connectivity index (χ0) is 15.9. The lowest BCUT2D eigenvalue weighted by Crippen LogP contribution is -2.27. The maximum Gasteiger partial charge on any atom is 0.313 e. The molecule has 2 aromatic heterocycles. The van der Waals surface area contributed by atoms with Crippen molar-refractivity contribution in [3.63, 3.8) is 0 Å². The Morgan fingerprint density at radius 3 is 2.82 bits per heavy atom. The van der Waals surface area contributed by atoms with Crippen molar-refractivity contribution in [3.8, 4) is 11.5 Å². The van der Waals surface area contributed by atoms with E-state index in [-0.39, 0.29) is 11.7 Å². The first-order chi connectivity index (χ1) is 10.6. The number of aromatic nitrogens is 1. The molecule has 0 aromatic carbocycles. The highest BCUT2D eigenvalue weighted by atomic mass is 32.2. The Morgan fingerprint density at radius 1 is 1.36 bits per heavy atom.